The van der Waals surface area contributed by atoms with Crippen molar-refractivity contribution in [2.45, 2.75) is 33.2 Å². The van der Waals surface area contributed by atoms with Crippen LogP contribution in [0.2, 0.25) is 0 Å². The molecule has 3 aromatic heterocycles. The second-order valence-corrected chi connectivity index (χ2v) is 5.66. The molecule has 10 heteroatoms. The van der Waals surface area contributed by atoms with Crippen molar-refractivity contribution in [1.82, 2.24) is 24.6 Å². The Morgan fingerprint density at radius 3 is 2.78 bits per heavy atom. The number of ether oxygens (including phenoxy) is 1. The standard InChI is InChI=1S/C14H13FN6O3.C3H8/c1-7(13(22)24-2)17-12-9(15)5-16-11(18-12)8-3-4-10-19-20-14(23)21(10)6-8;1-3-2/h3-7H,1-2H3,(H,20,23)(H,16,17,18);3H2,1-2H3. The first-order chi connectivity index (χ1) is 12.9. The molecule has 0 spiro atoms. The van der Waals surface area contributed by atoms with E-state index in [1.807, 2.05) is 0 Å². The molecule has 0 aliphatic rings. The Kier molecular flexibility index (Phi) is 6.58. The Labute approximate surface area is 154 Å². The number of halogens is 1. The number of nitrogens with one attached hydrogen (secondary N) is 2. The summed E-state index contributed by atoms with van der Waals surface area (Å²) in [6, 6.07) is 2.46. The lowest BCUT2D eigenvalue weighted by Gasteiger charge is -2.13. The smallest absolute Gasteiger partial charge is 0.347 e. The topological polar surface area (TPSA) is 114 Å². The van der Waals surface area contributed by atoms with Gasteiger partial charge in [0.05, 0.1) is 13.3 Å². The fourth-order valence-electron chi connectivity index (χ4n) is 2.09. The van der Waals surface area contributed by atoms with Crippen LogP contribution in [0.1, 0.15) is 27.2 Å². The van der Waals surface area contributed by atoms with Gasteiger partial charge in [-0.3, -0.25) is 0 Å². The number of carbonyl (C=O) groups is 1. The Balaban J connectivity index is 0.000000817. The van der Waals surface area contributed by atoms with Crippen molar-refractivity contribution in [1.29, 1.82) is 0 Å². The van der Waals surface area contributed by atoms with Crippen LogP contribution in [0.25, 0.3) is 17.0 Å². The molecule has 3 heterocycles. The van der Waals surface area contributed by atoms with Crippen molar-refractivity contribution in [3.63, 3.8) is 0 Å². The number of H-pyrrole nitrogens is 1. The lowest BCUT2D eigenvalue weighted by atomic mass is 10.2. The van der Waals surface area contributed by atoms with Gasteiger partial charge in [-0.15, -0.1) is 0 Å². The van der Waals surface area contributed by atoms with E-state index < -0.39 is 23.5 Å². The van der Waals surface area contributed by atoms with Gasteiger partial charge in [0.2, 0.25) is 0 Å². The molecule has 0 aliphatic carbocycles. The van der Waals surface area contributed by atoms with Gasteiger partial charge in [0.15, 0.2) is 23.1 Å². The Morgan fingerprint density at radius 1 is 1.41 bits per heavy atom. The second kappa shape index (κ2) is 8.88. The van der Waals surface area contributed by atoms with Crippen molar-refractivity contribution in [2.24, 2.45) is 0 Å². The lowest BCUT2D eigenvalue weighted by Crippen LogP contribution is -2.28. The van der Waals surface area contributed by atoms with Gasteiger partial charge >= 0.3 is 11.7 Å². The Bertz CT molecular complexity index is 984. The summed E-state index contributed by atoms with van der Waals surface area (Å²) in [5.74, 6) is -1.22. The van der Waals surface area contributed by atoms with Crippen LogP contribution < -0.4 is 11.0 Å². The third-order valence-corrected chi connectivity index (χ3v) is 3.32. The van der Waals surface area contributed by atoms with Crippen LogP contribution in [0.5, 0.6) is 0 Å². The number of esters is 1. The van der Waals surface area contributed by atoms with Gasteiger partial charge in [0, 0.05) is 11.8 Å². The number of pyridine rings is 1. The van der Waals surface area contributed by atoms with Crippen LogP contribution in [-0.2, 0) is 9.53 Å². The maximum absolute atomic E-state index is 13.9. The average molecular weight is 376 g/mol. The van der Waals surface area contributed by atoms with E-state index in [9.17, 15) is 14.0 Å². The highest BCUT2D eigenvalue weighted by Gasteiger charge is 2.17. The number of aromatic nitrogens is 5. The molecule has 0 bridgehead atoms. The number of fused-ring (bicyclic) bond motifs is 1. The van der Waals surface area contributed by atoms with Gasteiger partial charge in [0.1, 0.15) is 6.04 Å². The summed E-state index contributed by atoms with van der Waals surface area (Å²) in [7, 11) is 1.24. The summed E-state index contributed by atoms with van der Waals surface area (Å²) in [5.41, 5.74) is 0.509. The Hall–Kier alpha value is -3.30. The molecule has 3 aromatic rings. The molecule has 3 rings (SSSR count). The predicted octanol–water partition coefficient (Wildman–Crippen LogP) is 2.01. The first-order valence-electron chi connectivity index (χ1n) is 8.35. The minimum absolute atomic E-state index is 0.141. The average Bonchev–Trinajstić information content (AvgIpc) is 3.04. The van der Waals surface area contributed by atoms with E-state index in [0.717, 1.165) is 6.20 Å². The highest BCUT2D eigenvalue weighted by atomic mass is 19.1. The summed E-state index contributed by atoms with van der Waals surface area (Å²) in [5, 5.41) is 8.75. The van der Waals surface area contributed by atoms with E-state index in [4.69, 9.17) is 0 Å². The van der Waals surface area contributed by atoms with Crippen molar-refractivity contribution in [3.8, 4) is 11.4 Å². The number of hydrogen-bond donors (Lipinski definition) is 2. The molecule has 0 aromatic carbocycles. The van der Waals surface area contributed by atoms with Gasteiger partial charge in [0.25, 0.3) is 0 Å². The molecule has 2 N–H and O–H groups in total. The third-order valence-electron chi connectivity index (χ3n) is 3.32. The molecule has 27 heavy (non-hydrogen) atoms. The minimum Gasteiger partial charge on any atom is -0.467 e. The highest BCUT2D eigenvalue weighted by molar-refractivity contribution is 5.78. The molecule has 0 amide bonds. The number of carbonyl (C=O) groups excluding carboxylic acids is 1. The molecule has 9 nitrogen and oxygen atoms in total. The number of methoxy groups -OCH3 is 1. The number of rotatable bonds is 4. The molecule has 0 saturated heterocycles. The monoisotopic (exact) mass is 376 g/mol. The van der Waals surface area contributed by atoms with Crippen molar-refractivity contribution >= 4 is 17.4 Å². The van der Waals surface area contributed by atoms with Crippen LogP contribution >= 0.6 is 0 Å². The van der Waals surface area contributed by atoms with Gasteiger partial charge in [-0.25, -0.2) is 33.4 Å². The van der Waals surface area contributed by atoms with Crippen LogP contribution in [0, 0.1) is 5.82 Å². The van der Waals surface area contributed by atoms with Crippen LogP contribution in [-0.4, -0.2) is 43.7 Å². The SMILES string of the molecule is CCC.COC(=O)C(C)Nc1nc(-c2ccc3n[nH]c(=O)n3c2)ncc1F. The van der Waals surface area contributed by atoms with E-state index in [2.05, 4.69) is 44.1 Å². The molecular formula is C17H21FN6O3. The first-order valence-corrected chi connectivity index (χ1v) is 8.35. The van der Waals surface area contributed by atoms with E-state index in [-0.39, 0.29) is 11.6 Å². The van der Waals surface area contributed by atoms with Crippen molar-refractivity contribution in [2.75, 3.05) is 12.4 Å². The van der Waals surface area contributed by atoms with E-state index in [1.54, 1.807) is 12.1 Å². The summed E-state index contributed by atoms with van der Waals surface area (Å²) in [6.45, 7) is 5.77. The molecule has 0 radical (unpaired) electrons. The zero-order valence-electron chi connectivity index (χ0n) is 15.5. The summed E-state index contributed by atoms with van der Waals surface area (Å²) < 4.78 is 19.7. The number of nitrogens with zero attached hydrogens (tertiary/aromatic N) is 4. The molecule has 144 valence electrons. The number of hydrogen-bond acceptors (Lipinski definition) is 7. The van der Waals surface area contributed by atoms with Crippen LogP contribution in [0.4, 0.5) is 10.2 Å². The molecule has 0 saturated carbocycles. The zero-order chi connectivity index (χ0) is 20.0. The normalized spacial score (nSPS) is 11.4. The highest BCUT2D eigenvalue weighted by Crippen LogP contribution is 2.19. The lowest BCUT2D eigenvalue weighted by molar-refractivity contribution is -0.141. The fraction of sp³-hybridized carbons (Fsp3) is 0.353. The molecular weight excluding hydrogens is 355 g/mol. The minimum atomic E-state index is -0.786. The van der Waals surface area contributed by atoms with Gasteiger partial charge < -0.3 is 10.1 Å². The number of anilines is 1. The van der Waals surface area contributed by atoms with Crippen molar-refractivity contribution in [3.05, 3.63) is 40.8 Å². The third kappa shape index (κ3) is 4.66. The van der Waals surface area contributed by atoms with Gasteiger partial charge in [-0.2, -0.15) is 5.10 Å². The maximum atomic E-state index is 13.9. The van der Waals surface area contributed by atoms with E-state index in [0.29, 0.717) is 11.2 Å². The van der Waals surface area contributed by atoms with Crippen LogP contribution in [0.15, 0.2) is 29.3 Å². The van der Waals surface area contributed by atoms with E-state index >= 15 is 0 Å². The fourth-order valence-corrected chi connectivity index (χ4v) is 2.09. The summed E-state index contributed by atoms with van der Waals surface area (Å²) >= 11 is 0. The zero-order valence-corrected chi connectivity index (χ0v) is 15.5. The van der Waals surface area contributed by atoms with Crippen molar-refractivity contribution < 1.29 is 13.9 Å². The summed E-state index contributed by atoms with van der Waals surface area (Å²) in [4.78, 5) is 31.0. The predicted molar refractivity (Wildman–Crippen MR) is 97.9 cm³/mol. The van der Waals surface area contributed by atoms with E-state index in [1.165, 1.54) is 31.1 Å². The maximum Gasteiger partial charge on any atom is 0.347 e. The van der Waals surface area contributed by atoms with Gasteiger partial charge in [-0.1, -0.05) is 20.3 Å². The summed E-state index contributed by atoms with van der Waals surface area (Å²) in [6.07, 6.45) is 3.72. The first kappa shape index (κ1) is 20.0. The second-order valence-electron chi connectivity index (χ2n) is 5.66. The molecule has 0 aliphatic heterocycles. The quantitative estimate of drug-likeness (QED) is 0.669. The molecule has 0 fully saturated rings. The molecule has 1 unspecified atom stereocenters. The van der Waals surface area contributed by atoms with Crippen LogP contribution in [0.3, 0.4) is 0 Å². The van der Waals surface area contributed by atoms with Gasteiger partial charge in [-0.05, 0) is 19.1 Å². The largest absolute Gasteiger partial charge is 0.467 e. The Morgan fingerprint density at radius 2 is 2.11 bits per heavy atom. The number of aromatic amines is 1. The molecule has 1 atom stereocenters.